The summed E-state index contributed by atoms with van der Waals surface area (Å²) in [6.45, 7) is 0. The van der Waals surface area contributed by atoms with Crippen molar-refractivity contribution >= 4 is 10.9 Å². The lowest BCUT2D eigenvalue weighted by Gasteiger charge is -2.00. The van der Waals surface area contributed by atoms with Gasteiger partial charge >= 0.3 is 0 Å². The molecule has 1 aromatic carbocycles. The monoisotopic (exact) mass is 164 g/mol. The topological polar surface area (TPSA) is 68.5 Å². The van der Waals surface area contributed by atoms with Crippen LogP contribution >= 0.6 is 0 Å². The maximum absolute atomic E-state index is 11.1. The molecule has 0 spiro atoms. The van der Waals surface area contributed by atoms with Crippen LogP contribution in [0.15, 0.2) is 24.3 Å². The van der Waals surface area contributed by atoms with Crippen LogP contribution in [0.1, 0.15) is 0 Å². The molecule has 1 aromatic heterocycles. The van der Waals surface area contributed by atoms with Gasteiger partial charge in [0.15, 0.2) is 0 Å². The molecule has 0 aliphatic carbocycles. The van der Waals surface area contributed by atoms with E-state index in [9.17, 15) is 5.11 Å². The van der Waals surface area contributed by atoms with Gasteiger partial charge in [-0.1, -0.05) is 18.2 Å². The van der Waals surface area contributed by atoms with Gasteiger partial charge in [-0.3, -0.25) is 0 Å². The first-order valence-electron chi connectivity index (χ1n) is 3.40. The first-order chi connectivity index (χ1) is 5.72. The van der Waals surface area contributed by atoms with Crippen molar-refractivity contribution in [1.29, 1.82) is 0 Å². The Bertz CT molecular complexity index is 394. The molecule has 0 saturated heterocycles. The number of aromatic hydroxyl groups is 1. The molecule has 0 radical (unpaired) electrons. The van der Waals surface area contributed by atoms with Crippen molar-refractivity contribution in [3.8, 4) is 11.6 Å². The molecule has 4 nitrogen and oxygen atoms in total. The molecule has 1 heterocycles. The van der Waals surface area contributed by atoms with Crippen molar-refractivity contribution < 1.29 is 15.4 Å². The first kappa shape index (κ1) is 6.84. The van der Waals surface area contributed by atoms with Gasteiger partial charge in [0.1, 0.15) is 0 Å². The van der Waals surface area contributed by atoms with Gasteiger partial charge in [0, 0.05) is 0 Å². The highest BCUT2D eigenvalue weighted by molar-refractivity contribution is 5.88. The zero-order valence-electron chi connectivity index (χ0n) is 6.06. The van der Waals surface area contributed by atoms with E-state index in [2.05, 4.69) is 0 Å². The molecule has 0 bridgehead atoms. The van der Waals surface area contributed by atoms with Crippen molar-refractivity contribution in [2.24, 2.45) is 0 Å². The predicted molar refractivity (Wildman–Crippen MR) is 40.2 cm³/mol. The van der Waals surface area contributed by atoms with Crippen molar-refractivity contribution in [2.45, 2.75) is 0 Å². The maximum atomic E-state index is 11.1. The highest BCUT2D eigenvalue weighted by Crippen LogP contribution is 2.33. The summed E-state index contributed by atoms with van der Waals surface area (Å²) in [6, 6.07) is 6.44. The number of nitrogens with zero attached hydrogens (tertiary/aromatic N) is 1. The lowest BCUT2D eigenvalue weighted by atomic mass is 10.2. The molecule has 12 heavy (non-hydrogen) atoms. The number of aromatic nitrogens is 1. The highest BCUT2D eigenvalue weighted by Gasteiger charge is 2.06. The second kappa shape index (κ2) is 2.07. The first-order valence-corrected chi connectivity index (χ1v) is 3.40. The van der Waals surface area contributed by atoms with Crippen LogP contribution < -0.4 is 5.11 Å². The number of hydrogen-bond donors (Lipinski definition) is 2. The van der Waals surface area contributed by atoms with E-state index in [-0.39, 0.29) is 0 Å². The van der Waals surface area contributed by atoms with Crippen LogP contribution in [0.25, 0.3) is 10.9 Å². The number of benzene rings is 1. The van der Waals surface area contributed by atoms with Gasteiger partial charge in [-0.2, -0.15) is 4.73 Å². The standard InChI is InChI=1S/C8H7NO3/c10-7-5-3-1-2-4-6(5)9(12)8(7)11/h1-4,10-12H/p-1. The Hall–Kier alpha value is -1.84. The van der Waals surface area contributed by atoms with E-state index in [0.29, 0.717) is 15.6 Å². The third-order valence-electron chi connectivity index (χ3n) is 1.78. The van der Waals surface area contributed by atoms with E-state index in [1.165, 1.54) is 0 Å². The maximum Gasteiger partial charge on any atom is 0.217 e. The Morgan fingerprint density at radius 3 is 2.58 bits per heavy atom. The van der Waals surface area contributed by atoms with E-state index in [4.69, 9.17) is 10.3 Å². The average molecular weight is 164 g/mol. The number of hydrogen-bond acceptors (Lipinski definition) is 3. The highest BCUT2D eigenvalue weighted by atomic mass is 16.5. The zero-order chi connectivity index (χ0) is 8.72. The van der Waals surface area contributed by atoms with Crippen LogP contribution in [-0.4, -0.2) is 15.0 Å². The van der Waals surface area contributed by atoms with Gasteiger partial charge in [-0.05, 0) is 17.2 Å². The fraction of sp³-hybridized carbons (Fsp3) is 0. The van der Waals surface area contributed by atoms with Gasteiger partial charge in [-0.25, -0.2) is 0 Å². The van der Waals surface area contributed by atoms with E-state index in [1.807, 2.05) is 0 Å². The van der Waals surface area contributed by atoms with Gasteiger partial charge in [0.25, 0.3) is 0 Å². The van der Waals surface area contributed by atoms with E-state index < -0.39 is 11.6 Å². The van der Waals surface area contributed by atoms with Crippen molar-refractivity contribution in [2.75, 3.05) is 0 Å². The molecular weight excluding hydrogens is 158 g/mol. The average Bonchev–Trinajstić information content (AvgIpc) is 2.33. The summed E-state index contributed by atoms with van der Waals surface area (Å²) in [4.78, 5) is 0. The molecule has 62 valence electrons. The summed E-state index contributed by atoms with van der Waals surface area (Å²) >= 11 is 0. The fourth-order valence-electron chi connectivity index (χ4n) is 1.18. The Labute approximate surface area is 67.9 Å². The van der Waals surface area contributed by atoms with Crippen molar-refractivity contribution in [3.05, 3.63) is 24.3 Å². The van der Waals surface area contributed by atoms with Gasteiger partial charge < -0.3 is 15.4 Å². The molecule has 0 unspecified atom stereocenters. The lowest BCUT2D eigenvalue weighted by molar-refractivity contribution is -0.268. The number of rotatable bonds is 0. The smallest absolute Gasteiger partial charge is 0.217 e. The van der Waals surface area contributed by atoms with Crippen LogP contribution in [0.4, 0.5) is 0 Å². The molecule has 0 aliphatic heterocycles. The molecule has 0 aliphatic rings. The van der Waals surface area contributed by atoms with E-state index in [1.54, 1.807) is 24.3 Å². The van der Waals surface area contributed by atoms with E-state index in [0.717, 1.165) is 0 Å². The summed E-state index contributed by atoms with van der Waals surface area (Å²) in [7, 11) is 0. The van der Waals surface area contributed by atoms with Crippen molar-refractivity contribution in [1.82, 2.24) is 4.73 Å². The summed E-state index contributed by atoms with van der Waals surface area (Å²) in [5.74, 6) is -1.19. The molecule has 2 N–H and O–H groups in total. The molecule has 0 fully saturated rings. The SMILES string of the molecule is [O-]c1c(O)n(O)c2ccccc12. The summed E-state index contributed by atoms with van der Waals surface area (Å²) < 4.78 is 0.484. The third-order valence-corrected chi connectivity index (χ3v) is 1.78. The summed E-state index contributed by atoms with van der Waals surface area (Å²) in [5, 5.41) is 29.6. The second-order valence-electron chi connectivity index (χ2n) is 2.48. The van der Waals surface area contributed by atoms with Crippen LogP contribution in [0, 0.1) is 0 Å². The molecule has 0 amide bonds. The Morgan fingerprint density at radius 1 is 1.25 bits per heavy atom. The summed E-state index contributed by atoms with van der Waals surface area (Å²) in [5.41, 5.74) is 0.319. The minimum absolute atomic E-state index is 0.317. The van der Waals surface area contributed by atoms with Crippen LogP contribution in [0.3, 0.4) is 0 Å². The van der Waals surface area contributed by atoms with Gasteiger partial charge in [0.2, 0.25) is 5.88 Å². The molecule has 0 atom stereocenters. The Morgan fingerprint density at radius 2 is 1.92 bits per heavy atom. The predicted octanol–water partition coefficient (Wildman–Crippen LogP) is 0.658. The molecule has 4 heteroatoms. The minimum atomic E-state index is -0.642. The quantitative estimate of drug-likeness (QED) is 0.562. The van der Waals surface area contributed by atoms with E-state index >= 15 is 0 Å². The second-order valence-corrected chi connectivity index (χ2v) is 2.48. The molecule has 0 saturated carbocycles. The third kappa shape index (κ3) is 0.661. The molecule has 2 rings (SSSR count). The van der Waals surface area contributed by atoms with Gasteiger partial charge in [-0.15, -0.1) is 0 Å². The normalized spacial score (nSPS) is 10.7. The van der Waals surface area contributed by atoms with Crippen LogP contribution in [0.5, 0.6) is 11.6 Å². The van der Waals surface area contributed by atoms with Crippen LogP contribution in [0.2, 0.25) is 0 Å². The summed E-state index contributed by atoms with van der Waals surface area (Å²) in [6.07, 6.45) is 0. The molecule has 2 aromatic rings. The fourth-order valence-corrected chi connectivity index (χ4v) is 1.18. The Balaban J connectivity index is 2.99. The van der Waals surface area contributed by atoms with Crippen LogP contribution in [-0.2, 0) is 0 Å². The Kier molecular flexibility index (Phi) is 1.18. The largest absolute Gasteiger partial charge is 0.868 e. The number of para-hydroxylation sites is 1. The van der Waals surface area contributed by atoms with Gasteiger partial charge in [0.05, 0.1) is 5.52 Å². The van der Waals surface area contributed by atoms with Crippen molar-refractivity contribution in [3.63, 3.8) is 0 Å². The zero-order valence-corrected chi connectivity index (χ0v) is 6.06. The number of fused-ring (bicyclic) bond motifs is 1. The minimum Gasteiger partial charge on any atom is -0.868 e. The molecular formula is C8H6NO3-. The lowest BCUT2D eigenvalue weighted by Crippen LogP contribution is -1.90.